The van der Waals surface area contributed by atoms with E-state index in [0.29, 0.717) is 19.0 Å². The molecule has 0 bridgehead atoms. The molecular weight excluding hydrogens is 242 g/mol. The Labute approximate surface area is 102 Å². The second kappa shape index (κ2) is 4.57. The van der Waals surface area contributed by atoms with E-state index in [9.17, 15) is 13.2 Å². The van der Waals surface area contributed by atoms with E-state index in [1.807, 2.05) is 6.92 Å². The van der Waals surface area contributed by atoms with Gasteiger partial charge in [0.25, 0.3) is 0 Å². The first-order valence-corrected chi connectivity index (χ1v) is 8.02. The Morgan fingerprint density at radius 1 is 1.47 bits per heavy atom. The Hall–Kier alpha value is -0.620. The quantitative estimate of drug-likeness (QED) is 0.705. The van der Waals surface area contributed by atoms with Gasteiger partial charge < -0.3 is 9.64 Å². The molecule has 5 nitrogen and oxygen atoms in total. The third kappa shape index (κ3) is 3.19. The minimum absolute atomic E-state index is 0.257. The highest BCUT2D eigenvalue weighted by Crippen LogP contribution is 2.32. The lowest BCUT2D eigenvalue weighted by Gasteiger charge is -2.34. The fourth-order valence-corrected chi connectivity index (χ4v) is 3.37. The summed E-state index contributed by atoms with van der Waals surface area (Å²) in [5.74, 6) is -0.270. The molecule has 0 aliphatic carbocycles. The van der Waals surface area contributed by atoms with Gasteiger partial charge in [0.1, 0.15) is 5.75 Å². The molecule has 2 aliphatic heterocycles. The molecule has 2 aliphatic rings. The summed E-state index contributed by atoms with van der Waals surface area (Å²) < 4.78 is 27.9. The topological polar surface area (TPSA) is 63.7 Å². The zero-order valence-electron chi connectivity index (χ0n) is 10.3. The van der Waals surface area contributed by atoms with Gasteiger partial charge in [0, 0.05) is 25.3 Å². The van der Waals surface area contributed by atoms with Crippen LogP contribution in [0.1, 0.15) is 19.8 Å². The van der Waals surface area contributed by atoms with Crippen LogP contribution in [0.4, 0.5) is 0 Å². The maximum atomic E-state index is 11.8. The molecule has 98 valence electrons. The molecule has 0 aromatic heterocycles. The van der Waals surface area contributed by atoms with E-state index >= 15 is 0 Å². The van der Waals surface area contributed by atoms with Crippen molar-refractivity contribution >= 4 is 15.7 Å². The number of likely N-dealkylation sites (tertiary alicyclic amines) is 1. The molecule has 0 aromatic rings. The van der Waals surface area contributed by atoms with Crippen LogP contribution in [0.15, 0.2) is 0 Å². The Morgan fingerprint density at radius 3 is 2.82 bits per heavy atom. The third-order valence-electron chi connectivity index (χ3n) is 3.44. The molecule has 0 aromatic carbocycles. The lowest BCUT2D eigenvalue weighted by Crippen LogP contribution is -2.46. The van der Waals surface area contributed by atoms with Crippen LogP contribution in [0.5, 0.6) is 0 Å². The minimum atomic E-state index is -3.23. The van der Waals surface area contributed by atoms with Crippen LogP contribution in [0, 0.1) is 5.92 Å². The number of sulfone groups is 1. The maximum Gasteiger partial charge on any atom is 0.237 e. The van der Waals surface area contributed by atoms with Crippen molar-refractivity contribution in [2.24, 2.45) is 5.92 Å². The Kier molecular flexibility index (Phi) is 3.45. The summed E-state index contributed by atoms with van der Waals surface area (Å²) in [5.41, 5.74) is 0. The number of hydrogen-bond donors (Lipinski definition) is 0. The second-order valence-corrected chi connectivity index (χ2v) is 7.32. The summed E-state index contributed by atoms with van der Waals surface area (Å²) in [6.45, 7) is 3.30. The monoisotopic (exact) mass is 261 g/mol. The van der Waals surface area contributed by atoms with E-state index in [2.05, 4.69) is 0 Å². The number of fused-ring (bicyclic) bond motifs is 1. The van der Waals surface area contributed by atoms with Gasteiger partial charge in [-0.05, 0) is 19.8 Å². The van der Waals surface area contributed by atoms with Gasteiger partial charge in [-0.2, -0.15) is 0 Å². The molecule has 0 saturated carbocycles. The van der Waals surface area contributed by atoms with Crippen LogP contribution in [0.3, 0.4) is 0 Å². The van der Waals surface area contributed by atoms with Crippen LogP contribution in [0.2, 0.25) is 0 Å². The third-order valence-corrected chi connectivity index (χ3v) is 4.22. The number of nitrogens with zero attached hydrogens (tertiary/aromatic N) is 1. The zero-order chi connectivity index (χ0) is 12.6. The summed E-state index contributed by atoms with van der Waals surface area (Å²) in [4.78, 5) is 13.5. The molecule has 3 atom stereocenters. The molecular formula is C11H19NO4S. The van der Waals surface area contributed by atoms with E-state index in [-0.39, 0.29) is 23.9 Å². The lowest BCUT2D eigenvalue weighted by molar-refractivity contribution is -0.131. The van der Waals surface area contributed by atoms with Crippen molar-refractivity contribution in [2.75, 3.05) is 25.1 Å². The van der Waals surface area contributed by atoms with Gasteiger partial charge >= 0.3 is 0 Å². The van der Waals surface area contributed by atoms with Gasteiger partial charge in [-0.25, -0.2) is 8.42 Å². The summed E-state index contributed by atoms with van der Waals surface area (Å²) in [7, 11) is -3.23. The molecule has 0 unspecified atom stereocenters. The smallest absolute Gasteiger partial charge is 0.237 e. The van der Waals surface area contributed by atoms with E-state index in [1.165, 1.54) is 0 Å². The summed E-state index contributed by atoms with van der Waals surface area (Å²) in [6.07, 6.45) is 3.40. The fourth-order valence-electron chi connectivity index (χ4n) is 2.74. The van der Waals surface area contributed by atoms with Gasteiger partial charge in [0.15, 0.2) is 9.84 Å². The van der Waals surface area contributed by atoms with Crippen molar-refractivity contribution in [3.63, 3.8) is 0 Å². The van der Waals surface area contributed by atoms with E-state index < -0.39 is 9.84 Å². The number of hydrogen-bond acceptors (Lipinski definition) is 4. The number of rotatable bonds is 2. The van der Waals surface area contributed by atoms with E-state index in [0.717, 1.165) is 19.1 Å². The molecule has 2 heterocycles. The highest BCUT2D eigenvalue weighted by Gasteiger charge is 2.38. The predicted octanol–water partition coefficient (Wildman–Crippen LogP) is 0.0569. The largest absolute Gasteiger partial charge is 0.375 e. The number of carbonyl (C=O) groups excluding carboxylic acids is 1. The highest BCUT2D eigenvalue weighted by molar-refractivity contribution is 7.91. The number of piperidine rings is 1. The van der Waals surface area contributed by atoms with Crippen molar-refractivity contribution in [3.05, 3.63) is 0 Å². The summed E-state index contributed by atoms with van der Waals surface area (Å²) in [6, 6.07) is 0. The molecule has 1 amide bonds. The van der Waals surface area contributed by atoms with Crippen LogP contribution in [-0.2, 0) is 19.4 Å². The van der Waals surface area contributed by atoms with Crippen LogP contribution >= 0.6 is 0 Å². The van der Waals surface area contributed by atoms with Crippen LogP contribution in [-0.4, -0.2) is 56.5 Å². The number of carbonyl (C=O) groups is 1. The molecule has 0 spiro atoms. The fraction of sp³-hybridized carbons (Fsp3) is 0.909. The van der Waals surface area contributed by atoms with Crippen molar-refractivity contribution in [3.8, 4) is 0 Å². The Balaban J connectivity index is 1.94. The number of amides is 1. The number of ether oxygens (including phenoxy) is 1. The molecule has 6 heteroatoms. The van der Waals surface area contributed by atoms with Crippen molar-refractivity contribution in [2.45, 2.75) is 32.0 Å². The first kappa shape index (κ1) is 12.8. The predicted molar refractivity (Wildman–Crippen MR) is 63.3 cm³/mol. The molecule has 2 fully saturated rings. The first-order chi connectivity index (χ1) is 7.85. The Bertz CT molecular complexity index is 406. The van der Waals surface area contributed by atoms with Crippen LogP contribution in [0.25, 0.3) is 0 Å². The van der Waals surface area contributed by atoms with Crippen molar-refractivity contribution < 1.29 is 17.9 Å². The average Bonchev–Trinajstić information content (AvgIpc) is 2.53. The van der Waals surface area contributed by atoms with Gasteiger partial charge in [-0.3, -0.25) is 4.79 Å². The first-order valence-electron chi connectivity index (χ1n) is 5.96. The maximum absolute atomic E-state index is 11.8. The molecule has 0 N–H and O–H groups in total. The molecule has 2 rings (SSSR count). The molecule has 0 radical (unpaired) electrons. The lowest BCUT2D eigenvalue weighted by atomic mass is 9.93. The molecule has 17 heavy (non-hydrogen) atoms. The molecule has 2 saturated heterocycles. The SMILES string of the molecule is C[C@@H]1C[C@@H]2CN(C(=O)CS(C)(=O)=O)CC[C@@H]2O1. The normalized spacial score (nSPS) is 33.5. The summed E-state index contributed by atoms with van der Waals surface area (Å²) >= 11 is 0. The minimum Gasteiger partial charge on any atom is -0.375 e. The van der Waals surface area contributed by atoms with Crippen molar-refractivity contribution in [1.29, 1.82) is 0 Å². The summed E-state index contributed by atoms with van der Waals surface area (Å²) in [5, 5.41) is 0. The van der Waals surface area contributed by atoms with Gasteiger partial charge in [0.2, 0.25) is 5.91 Å². The standard InChI is InChI=1S/C11H19NO4S/c1-8-5-9-6-12(4-3-10(9)16-8)11(13)7-17(2,14)15/h8-10H,3-7H2,1-2H3/t8-,9-,10+/m1/s1. The van der Waals surface area contributed by atoms with E-state index in [4.69, 9.17) is 4.74 Å². The Morgan fingerprint density at radius 2 is 2.18 bits per heavy atom. The van der Waals surface area contributed by atoms with Crippen LogP contribution < -0.4 is 0 Å². The highest BCUT2D eigenvalue weighted by atomic mass is 32.2. The van der Waals surface area contributed by atoms with Crippen molar-refractivity contribution in [1.82, 2.24) is 4.90 Å². The van der Waals surface area contributed by atoms with E-state index in [1.54, 1.807) is 4.90 Å². The van der Waals surface area contributed by atoms with Gasteiger partial charge in [-0.1, -0.05) is 0 Å². The van der Waals surface area contributed by atoms with Gasteiger partial charge in [-0.15, -0.1) is 0 Å². The van der Waals surface area contributed by atoms with Gasteiger partial charge in [0.05, 0.1) is 12.2 Å². The zero-order valence-corrected chi connectivity index (χ0v) is 11.1. The average molecular weight is 261 g/mol. The second-order valence-electron chi connectivity index (χ2n) is 5.18.